The molecule has 5 heteroatoms. The summed E-state index contributed by atoms with van der Waals surface area (Å²) in [6, 6.07) is 3.79. The van der Waals surface area contributed by atoms with Crippen molar-refractivity contribution in [1.82, 2.24) is 9.97 Å². The molecule has 3 nitrogen and oxygen atoms in total. The summed E-state index contributed by atoms with van der Waals surface area (Å²) in [5.41, 5.74) is 1.06. The number of hydrogen-bond donors (Lipinski definition) is 0. The summed E-state index contributed by atoms with van der Waals surface area (Å²) in [4.78, 5) is 21.0. The molecule has 0 radical (unpaired) electrons. The van der Waals surface area contributed by atoms with Crippen molar-refractivity contribution >= 4 is 28.9 Å². The molecule has 0 aliphatic heterocycles. The zero-order chi connectivity index (χ0) is 12.8. The van der Waals surface area contributed by atoms with Gasteiger partial charge in [-0.3, -0.25) is 4.79 Å². The Balaban J connectivity index is 1.70. The van der Waals surface area contributed by atoms with E-state index in [2.05, 4.69) is 9.97 Å². The van der Waals surface area contributed by atoms with Gasteiger partial charge in [0.2, 0.25) is 0 Å². The highest BCUT2D eigenvalue weighted by Gasteiger charge is 2.06. The lowest BCUT2D eigenvalue weighted by Crippen LogP contribution is -1.97. The lowest BCUT2D eigenvalue weighted by Gasteiger charge is -2.00. The fraction of sp³-hybridized carbons (Fsp3) is 0.308. The number of rotatable bonds is 6. The van der Waals surface area contributed by atoms with Crippen LogP contribution in [0.4, 0.5) is 0 Å². The second kappa shape index (κ2) is 6.66. The van der Waals surface area contributed by atoms with E-state index in [4.69, 9.17) is 0 Å². The van der Waals surface area contributed by atoms with Crippen molar-refractivity contribution < 1.29 is 4.79 Å². The van der Waals surface area contributed by atoms with E-state index in [1.165, 1.54) is 11.3 Å². The number of thioether (sulfide) groups is 1. The molecule has 0 aliphatic rings. The van der Waals surface area contributed by atoms with Crippen LogP contribution in [0.25, 0.3) is 0 Å². The SMILES string of the molecule is Cc1cnc(SCCCC(=O)c2cccs2)nc1. The second-order valence-corrected chi connectivity index (χ2v) is 5.91. The van der Waals surface area contributed by atoms with E-state index in [1.54, 1.807) is 11.8 Å². The van der Waals surface area contributed by atoms with Gasteiger partial charge in [0.05, 0.1) is 4.88 Å². The maximum absolute atomic E-state index is 11.7. The predicted octanol–water partition coefficient (Wildman–Crippen LogP) is 3.60. The highest BCUT2D eigenvalue weighted by atomic mass is 32.2. The van der Waals surface area contributed by atoms with E-state index >= 15 is 0 Å². The molecule has 18 heavy (non-hydrogen) atoms. The van der Waals surface area contributed by atoms with Crippen LogP contribution in [-0.4, -0.2) is 21.5 Å². The van der Waals surface area contributed by atoms with Crippen molar-refractivity contribution in [3.8, 4) is 0 Å². The number of Topliss-reactive ketones (excluding diaryl/α,β-unsaturated/α-hetero) is 1. The molecule has 94 valence electrons. The molecule has 0 aromatic carbocycles. The van der Waals surface area contributed by atoms with Gasteiger partial charge in [0.15, 0.2) is 10.9 Å². The van der Waals surface area contributed by atoms with Crippen LogP contribution >= 0.6 is 23.1 Å². The van der Waals surface area contributed by atoms with E-state index < -0.39 is 0 Å². The van der Waals surface area contributed by atoms with Gasteiger partial charge in [-0.2, -0.15) is 0 Å². The maximum Gasteiger partial charge on any atom is 0.187 e. The van der Waals surface area contributed by atoms with Crippen molar-refractivity contribution in [2.45, 2.75) is 24.9 Å². The van der Waals surface area contributed by atoms with Crippen molar-refractivity contribution in [2.24, 2.45) is 0 Å². The number of nitrogens with zero attached hydrogens (tertiary/aromatic N) is 2. The standard InChI is InChI=1S/C13H14N2OS2/c1-10-8-14-13(15-9-10)18-7-2-4-11(16)12-5-3-6-17-12/h3,5-6,8-9H,2,4,7H2,1H3. The van der Waals surface area contributed by atoms with E-state index in [-0.39, 0.29) is 5.78 Å². The molecule has 2 rings (SSSR count). The van der Waals surface area contributed by atoms with Crippen molar-refractivity contribution in [2.75, 3.05) is 5.75 Å². The fourth-order valence-corrected chi connectivity index (χ4v) is 2.83. The van der Waals surface area contributed by atoms with Gasteiger partial charge in [0, 0.05) is 24.6 Å². The topological polar surface area (TPSA) is 42.9 Å². The zero-order valence-corrected chi connectivity index (χ0v) is 11.8. The van der Waals surface area contributed by atoms with Crippen LogP contribution in [0.1, 0.15) is 28.1 Å². The third-order valence-corrected chi connectivity index (χ3v) is 4.21. The minimum Gasteiger partial charge on any atom is -0.293 e. The van der Waals surface area contributed by atoms with Gasteiger partial charge < -0.3 is 0 Å². The third kappa shape index (κ3) is 3.92. The molecule has 0 saturated carbocycles. The largest absolute Gasteiger partial charge is 0.293 e. The Kier molecular flexibility index (Phi) is 4.90. The summed E-state index contributed by atoms with van der Waals surface area (Å²) in [5, 5.41) is 2.71. The average Bonchev–Trinajstić information content (AvgIpc) is 2.90. The first-order chi connectivity index (χ1) is 8.75. The molecule has 2 aromatic heterocycles. The monoisotopic (exact) mass is 278 g/mol. The van der Waals surface area contributed by atoms with E-state index in [9.17, 15) is 4.79 Å². The quantitative estimate of drug-likeness (QED) is 0.350. The van der Waals surface area contributed by atoms with Gasteiger partial charge in [-0.25, -0.2) is 9.97 Å². The molecule has 0 unspecified atom stereocenters. The average molecular weight is 278 g/mol. The molecule has 0 aliphatic carbocycles. The highest BCUT2D eigenvalue weighted by molar-refractivity contribution is 7.99. The van der Waals surface area contributed by atoms with Gasteiger partial charge in [0.1, 0.15) is 0 Å². The molecule has 0 spiro atoms. The molecule has 0 N–H and O–H groups in total. The Morgan fingerprint density at radius 2 is 2.17 bits per heavy atom. The predicted molar refractivity (Wildman–Crippen MR) is 75.4 cm³/mol. The molecular weight excluding hydrogens is 264 g/mol. The lowest BCUT2D eigenvalue weighted by atomic mass is 10.2. The minimum atomic E-state index is 0.232. The number of hydrogen-bond acceptors (Lipinski definition) is 5. The summed E-state index contributed by atoms with van der Waals surface area (Å²) >= 11 is 3.10. The molecule has 2 heterocycles. The van der Waals surface area contributed by atoms with Crippen LogP contribution in [0.3, 0.4) is 0 Å². The number of aromatic nitrogens is 2. The molecule has 0 saturated heterocycles. The Morgan fingerprint density at radius 1 is 1.39 bits per heavy atom. The van der Waals surface area contributed by atoms with Gasteiger partial charge in [-0.15, -0.1) is 11.3 Å². The molecule has 2 aromatic rings. The smallest absolute Gasteiger partial charge is 0.187 e. The summed E-state index contributed by atoms with van der Waals surface area (Å²) in [6.45, 7) is 1.97. The molecule has 0 amide bonds. The Morgan fingerprint density at radius 3 is 2.83 bits per heavy atom. The van der Waals surface area contributed by atoms with Crippen LogP contribution in [0, 0.1) is 6.92 Å². The Bertz CT molecular complexity index is 494. The third-order valence-electron chi connectivity index (χ3n) is 2.33. The number of ketones is 1. The van der Waals surface area contributed by atoms with Crippen molar-refractivity contribution in [1.29, 1.82) is 0 Å². The fourth-order valence-electron chi connectivity index (χ4n) is 1.41. The van der Waals surface area contributed by atoms with Crippen molar-refractivity contribution in [3.63, 3.8) is 0 Å². The van der Waals surface area contributed by atoms with Crippen LogP contribution in [0.5, 0.6) is 0 Å². The molecule has 0 bridgehead atoms. The van der Waals surface area contributed by atoms with Crippen LogP contribution in [-0.2, 0) is 0 Å². The first-order valence-corrected chi connectivity index (χ1v) is 7.60. The molecule has 0 atom stereocenters. The van der Waals surface area contributed by atoms with Gasteiger partial charge in [0.25, 0.3) is 0 Å². The molecule has 0 fully saturated rings. The van der Waals surface area contributed by atoms with E-state index in [0.717, 1.165) is 27.8 Å². The maximum atomic E-state index is 11.7. The summed E-state index contributed by atoms with van der Waals surface area (Å²) in [6.07, 6.45) is 5.08. The summed E-state index contributed by atoms with van der Waals surface area (Å²) < 4.78 is 0. The zero-order valence-electron chi connectivity index (χ0n) is 10.1. The number of aryl methyl sites for hydroxylation is 1. The van der Waals surface area contributed by atoms with Crippen LogP contribution in [0.2, 0.25) is 0 Å². The Hall–Kier alpha value is -1.20. The minimum absolute atomic E-state index is 0.232. The van der Waals surface area contributed by atoms with Crippen LogP contribution < -0.4 is 0 Å². The van der Waals surface area contributed by atoms with Gasteiger partial charge >= 0.3 is 0 Å². The number of thiophene rings is 1. The Labute approximate surface area is 115 Å². The second-order valence-electron chi connectivity index (χ2n) is 3.90. The highest BCUT2D eigenvalue weighted by Crippen LogP contribution is 2.17. The van der Waals surface area contributed by atoms with Crippen LogP contribution in [0.15, 0.2) is 35.1 Å². The first kappa shape index (κ1) is 13.2. The lowest BCUT2D eigenvalue weighted by molar-refractivity contribution is 0.0986. The van der Waals surface area contributed by atoms with Crippen molar-refractivity contribution in [3.05, 3.63) is 40.3 Å². The summed E-state index contributed by atoms with van der Waals surface area (Å²) in [7, 11) is 0. The van der Waals surface area contributed by atoms with Gasteiger partial charge in [-0.1, -0.05) is 17.8 Å². The normalized spacial score (nSPS) is 10.5. The number of carbonyl (C=O) groups excluding carboxylic acids is 1. The van der Waals surface area contributed by atoms with E-state index in [1.807, 2.05) is 36.8 Å². The first-order valence-electron chi connectivity index (χ1n) is 5.74. The molecular formula is C13H14N2OS2. The summed E-state index contributed by atoms with van der Waals surface area (Å²) in [5.74, 6) is 1.11. The number of carbonyl (C=O) groups is 1. The van der Waals surface area contributed by atoms with Gasteiger partial charge in [-0.05, 0) is 30.4 Å². The van der Waals surface area contributed by atoms with E-state index in [0.29, 0.717) is 6.42 Å².